The summed E-state index contributed by atoms with van der Waals surface area (Å²) in [4.78, 5) is 2.53. The fourth-order valence-electron chi connectivity index (χ4n) is 1.87. The van der Waals surface area contributed by atoms with E-state index in [1.54, 1.807) is 0 Å². The molecule has 0 saturated heterocycles. The van der Waals surface area contributed by atoms with Crippen LogP contribution < -0.4 is 0 Å². The van der Waals surface area contributed by atoms with E-state index in [-0.39, 0.29) is 0 Å². The van der Waals surface area contributed by atoms with Crippen molar-refractivity contribution in [2.45, 2.75) is 64.2 Å². The van der Waals surface area contributed by atoms with Gasteiger partial charge < -0.3 is 4.90 Å². The first kappa shape index (κ1) is 16.4. The van der Waals surface area contributed by atoms with Gasteiger partial charge in [0, 0.05) is 16.1 Å². The molecule has 0 fully saturated rings. The SMILES string of the molecule is CN(CCC[Si](C)(C)C)CCC[Si](C)(C)C. The number of hydrogen-bond acceptors (Lipinski definition) is 1. The average Bonchev–Trinajstić information content (AvgIpc) is 1.98. The summed E-state index contributed by atoms with van der Waals surface area (Å²) in [6.45, 7) is 17.4. The summed E-state index contributed by atoms with van der Waals surface area (Å²) in [7, 11) is 0.676. The van der Waals surface area contributed by atoms with Gasteiger partial charge in [0.05, 0.1) is 0 Å². The summed E-state index contributed by atoms with van der Waals surface area (Å²) < 4.78 is 0. The first-order valence-electron chi connectivity index (χ1n) is 6.79. The maximum Gasteiger partial charge on any atom is 0.0443 e. The second-order valence-electron chi connectivity index (χ2n) is 7.63. The fraction of sp³-hybridized carbons (Fsp3) is 1.00. The number of hydrogen-bond donors (Lipinski definition) is 0. The van der Waals surface area contributed by atoms with Crippen molar-refractivity contribution in [3.05, 3.63) is 0 Å². The van der Waals surface area contributed by atoms with Crippen molar-refractivity contribution >= 4 is 16.1 Å². The predicted octanol–water partition coefficient (Wildman–Crippen LogP) is 4.37. The smallest absolute Gasteiger partial charge is 0.0443 e. The van der Waals surface area contributed by atoms with Gasteiger partial charge in [0.25, 0.3) is 0 Å². The minimum Gasteiger partial charge on any atom is -0.306 e. The monoisotopic (exact) mass is 259 g/mol. The average molecular weight is 260 g/mol. The van der Waals surface area contributed by atoms with E-state index in [1.807, 2.05) is 0 Å². The van der Waals surface area contributed by atoms with Gasteiger partial charge in [-0.1, -0.05) is 51.4 Å². The van der Waals surface area contributed by atoms with Gasteiger partial charge in [0.15, 0.2) is 0 Å². The molecule has 0 N–H and O–H groups in total. The van der Waals surface area contributed by atoms with Crippen LogP contribution >= 0.6 is 0 Å². The Morgan fingerprint density at radius 3 is 1.25 bits per heavy atom. The van der Waals surface area contributed by atoms with Crippen LogP contribution in [0.1, 0.15) is 12.8 Å². The molecule has 0 heterocycles. The zero-order chi connectivity index (χ0) is 12.8. The third-order valence-corrected chi connectivity index (χ3v) is 6.64. The molecule has 0 unspecified atom stereocenters. The van der Waals surface area contributed by atoms with Crippen LogP contribution in [-0.2, 0) is 0 Å². The largest absolute Gasteiger partial charge is 0.306 e. The Hall–Kier alpha value is 0.394. The minimum atomic E-state index is -0.805. The van der Waals surface area contributed by atoms with Crippen LogP contribution in [0, 0.1) is 0 Å². The van der Waals surface area contributed by atoms with E-state index >= 15 is 0 Å². The molecule has 0 atom stereocenters. The van der Waals surface area contributed by atoms with E-state index in [0.717, 1.165) is 0 Å². The summed E-state index contributed by atoms with van der Waals surface area (Å²) in [6.07, 6.45) is 2.80. The first-order chi connectivity index (χ1) is 7.10. The summed E-state index contributed by atoms with van der Waals surface area (Å²) in [5.41, 5.74) is 0. The van der Waals surface area contributed by atoms with Crippen molar-refractivity contribution in [3.63, 3.8) is 0 Å². The molecule has 0 aromatic heterocycles. The zero-order valence-corrected chi connectivity index (χ0v) is 14.7. The highest BCUT2D eigenvalue weighted by Gasteiger charge is 2.14. The van der Waals surface area contributed by atoms with Gasteiger partial charge in [-0.2, -0.15) is 0 Å². The Bertz CT molecular complexity index is 159. The fourth-order valence-corrected chi connectivity index (χ4v) is 4.31. The van der Waals surface area contributed by atoms with Crippen molar-refractivity contribution in [1.82, 2.24) is 4.90 Å². The van der Waals surface area contributed by atoms with E-state index in [2.05, 4.69) is 51.2 Å². The molecular weight excluding hydrogens is 226 g/mol. The topological polar surface area (TPSA) is 3.24 Å². The summed E-state index contributed by atoms with van der Waals surface area (Å²) in [5, 5.41) is 0. The lowest BCUT2D eigenvalue weighted by molar-refractivity contribution is 0.334. The van der Waals surface area contributed by atoms with Crippen molar-refractivity contribution in [1.29, 1.82) is 0 Å². The molecule has 0 aliphatic heterocycles. The molecule has 0 radical (unpaired) electrons. The molecule has 0 amide bonds. The van der Waals surface area contributed by atoms with Gasteiger partial charge in [-0.05, 0) is 33.0 Å². The third-order valence-electron chi connectivity index (χ3n) is 2.93. The van der Waals surface area contributed by atoms with Crippen LogP contribution in [-0.4, -0.2) is 41.2 Å². The molecule has 0 bridgehead atoms. The van der Waals surface area contributed by atoms with Crippen LogP contribution in [0.5, 0.6) is 0 Å². The molecule has 0 spiro atoms. The molecule has 0 aliphatic rings. The molecule has 0 aliphatic carbocycles. The standard InChI is InChI=1S/C13H33NSi2/c1-14(10-8-12-15(2,3)4)11-9-13-16(5,6)7/h8-13H2,1-7H3. The molecule has 0 rings (SSSR count). The maximum absolute atomic E-state index is 2.53. The Morgan fingerprint density at radius 1 is 0.688 bits per heavy atom. The lowest BCUT2D eigenvalue weighted by Crippen LogP contribution is -2.27. The Labute approximate surface area is 106 Å². The molecule has 0 aromatic rings. The predicted molar refractivity (Wildman–Crippen MR) is 83.0 cm³/mol. The van der Waals surface area contributed by atoms with Crippen LogP contribution in [0.4, 0.5) is 0 Å². The van der Waals surface area contributed by atoms with Crippen molar-refractivity contribution < 1.29 is 0 Å². The highest BCUT2D eigenvalue weighted by atomic mass is 28.3. The molecule has 3 heteroatoms. The Kier molecular flexibility index (Phi) is 7.14. The lowest BCUT2D eigenvalue weighted by atomic mass is 10.4. The minimum absolute atomic E-state index is 0.805. The summed E-state index contributed by atoms with van der Waals surface area (Å²) >= 11 is 0. The maximum atomic E-state index is 2.53. The van der Waals surface area contributed by atoms with E-state index in [0.29, 0.717) is 0 Å². The molecule has 0 aromatic carbocycles. The highest BCUT2D eigenvalue weighted by molar-refractivity contribution is 6.76. The second kappa shape index (κ2) is 6.97. The first-order valence-corrected chi connectivity index (χ1v) is 14.2. The van der Waals surface area contributed by atoms with Crippen LogP contribution in [0.2, 0.25) is 51.4 Å². The highest BCUT2D eigenvalue weighted by Crippen LogP contribution is 2.13. The van der Waals surface area contributed by atoms with Crippen molar-refractivity contribution in [3.8, 4) is 0 Å². The summed E-state index contributed by atoms with van der Waals surface area (Å²) in [5.74, 6) is 0. The van der Waals surface area contributed by atoms with Gasteiger partial charge in [0.1, 0.15) is 0 Å². The van der Waals surface area contributed by atoms with Gasteiger partial charge in [-0.3, -0.25) is 0 Å². The zero-order valence-electron chi connectivity index (χ0n) is 12.7. The third kappa shape index (κ3) is 12.5. The molecule has 16 heavy (non-hydrogen) atoms. The van der Waals surface area contributed by atoms with Gasteiger partial charge in [-0.15, -0.1) is 0 Å². The second-order valence-corrected chi connectivity index (χ2v) is 18.9. The van der Waals surface area contributed by atoms with Crippen LogP contribution in [0.25, 0.3) is 0 Å². The van der Waals surface area contributed by atoms with E-state index in [1.165, 1.54) is 38.0 Å². The van der Waals surface area contributed by atoms with E-state index in [4.69, 9.17) is 0 Å². The van der Waals surface area contributed by atoms with Crippen molar-refractivity contribution in [2.24, 2.45) is 0 Å². The van der Waals surface area contributed by atoms with E-state index < -0.39 is 16.1 Å². The lowest BCUT2D eigenvalue weighted by Gasteiger charge is -2.22. The molecule has 1 nitrogen and oxygen atoms in total. The Balaban J connectivity index is 3.49. The Morgan fingerprint density at radius 2 is 1.00 bits per heavy atom. The van der Waals surface area contributed by atoms with Crippen LogP contribution in [0.15, 0.2) is 0 Å². The van der Waals surface area contributed by atoms with Crippen molar-refractivity contribution in [2.75, 3.05) is 20.1 Å². The number of rotatable bonds is 8. The van der Waals surface area contributed by atoms with E-state index in [9.17, 15) is 0 Å². The van der Waals surface area contributed by atoms with Crippen LogP contribution in [0.3, 0.4) is 0 Å². The van der Waals surface area contributed by atoms with Gasteiger partial charge in [-0.25, -0.2) is 0 Å². The molecular formula is C13H33NSi2. The number of nitrogens with zero attached hydrogens (tertiary/aromatic N) is 1. The quantitative estimate of drug-likeness (QED) is 0.585. The summed E-state index contributed by atoms with van der Waals surface area (Å²) in [6, 6.07) is 2.96. The van der Waals surface area contributed by atoms with Gasteiger partial charge >= 0.3 is 0 Å². The van der Waals surface area contributed by atoms with Gasteiger partial charge in [0.2, 0.25) is 0 Å². The normalized spacial score (nSPS) is 13.5. The molecule has 98 valence electrons. The molecule has 0 saturated carbocycles.